The van der Waals surface area contributed by atoms with Gasteiger partial charge in [-0.2, -0.15) is 0 Å². The summed E-state index contributed by atoms with van der Waals surface area (Å²) in [6.07, 6.45) is 0. The summed E-state index contributed by atoms with van der Waals surface area (Å²) in [6, 6.07) is 9.54. The normalized spacial score (nSPS) is 9.67. The number of carbonyl (C=O) groups is 1. The summed E-state index contributed by atoms with van der Waals surface area (Å²) < 4.78 is 9.88. The molecule has 0 atom stereocenters. The molecule has 0 bridgehead atoms. The Kier molecular flexibility index (Phi) is 5.25. The molecule has 0 amide bonds. The van der Waals surface area contributed by atoms with Gasteiger partial charge in [0.05, 0.1) is 13.7 Å². The molecule has 82 valence electrons. The van der Waals surface area contributed by atoms with Crippen molar-refractivity contribution in [3.63, 3.8) is 0 Å². The second-order valence-electron chi connectivity index (χ2n) is 2.91. The highest BCUT2D eigenvalue weighted by atomic mass is 16.5. The molecule has 0 aliphatic heterocycles. The Morgan fingerprint density at radius 1 is 1.33 bits per heavy atom. The Morgan fingerprint density at radius 2 is 2.07 bits per heavy atom. The molecule has 0 saturated heterocycles. The predicted molar refractivity (Wildman–Crippen MR) is 56.8 cm³/mol. The smallest absolute Gasteiger partial charge is 0.319 e. The lowest BCUT2D eigenvalue weighted by Gasteiger charge is -2.06. The average molecular weight is 209 g/mol. The number of rotatable bonds is 6. The molecule has 15 heavy (non-hydrogen) atoms. The zero-order chi connectivity index (χ0) is 10.9. The number of hydrogen-bond acceptors (Lipinski definition) is 4. The Bertz CT molecular complexity index is 287. The van der Waals surface area contributed by atoms with Crippen LogP contribution in [0.4, 0.5) is 0 Å². The SMILES string of the molecule is COC(=O)CNCCOc1ccccc1. The number of esters is 1. The Balaban J connectivity index is 2.05. The van der Waals surface area contributed by atoms with Crippen molar-refractivity contribution in [1.82, 2.24) is 5.32 Å². The van der Waals surface area contributed by atoms with Crippen molar-refractivity contribution in [3.8, 4) is 5.75 Å². The number of benzene rings is 1. The zero-order valence-electron chi connectivity index (χ0n) is 8.73. The summed E-state index contributed by atoms with van der Waals surface area (Å²) in [5.74, 6) is 0.562. The maximum atomic E-state index is 10.7. The fourth-order valence-corrected chi connectivity index (χ4v) is 1.02. The summed E-state index contributed by atoms with van der Waals surface area (Å²) in [5.41, 5.74) is 0. The third kappa shape index (κ3) is 5.02. The third-order valence-electron chi connectivity index (χ3n) is 1.79. The van der Waals surface area contributed by atoms with Crippen LogP contribution in [-0.2, 0) is 9.53 Å². The standard InChI is InChI=1S/C11H15NO3/c1-14-11(13)9-12-7-8-15-10-5-3-2-4-6-10/h2-6,12H,7-9H2,1H3. The minimum Gasteiger partial charge on any atom is -0.492 e. The number of ether oxygens (including phenoxy) is 2. The first-order chi connectivity index (χ1) is 7.33. The lowest BCUT2D eigenvalue weighted by atomic mass is 10.3. The lowest BCUT2D eigenvalue weighted by Crippen LogP contribution is -2.27. The number of hydrogen-bond donors (Lipinski definition) is 1. The lowest BCUT2D eigenvalue weighted by molar-refractivity contribution is -0.139. The molecule has 0 aromatic heterocycles. The number of para-hydroxylation sites is 1. The van der Waals surface area contributed by atoms with Crippen molar-refractivity contribution in [2.75, 3.05) is 26.8 Å². The molecule has 0 radical (unpaired) electrons. The first kappa shape index (κ1) is 11.5. The topological polar surface area (TPSA) is 47.6 Å². The van der Waals surface area contributed by atoms with Crippen LogP contribution in [0, 0.1) is 0 Å². The van der Waals surface area contributed by atoms with Crippen molar-refractivity contribution in [3.05, 3.63) is 30.3 Å². The van der Waals surface area contributed by atoms with Crippen LogP contribution < -0.4 is 10.1 Å². The van der Waals surface area contributed by atoms with E-state index in [9.17, 15) is 4.79 Å². The Labute approximate surface area is 89.2 Å². The summed E-state index contributed by atoms with van der Waals surface area (Å²) >= 11 is 0. The summed E-state index contributed by atoms with van der Waals surface area (Å²) in [5, 5.41) is 2.91. The van der Waals surface area contributed by atoms with E-state index in [-0.39, 0.29) is 12.5 Å². The molecule has 1 rings (SSSR count). The van der Waals surface area contributed by atoms with Gasteiger partial charge in [-0.15, -0.1) is 0 Å². The minimum absolute atomic E-state index is 0.217. The van der Waals surface area contributed by atoms with E-state index < -0.39 is 0 Å². The van der Waals surface area contributed by atoms with Gasteiger partial charge in [0.1, 0.15) is 12.4 Å². The van der Waals surface area contributed by atoms with Gasteiger partial charge in [0, 0.05) is 6.54 Å². The van der Waals surface area contributed by atoms with Gasteiger partial charge in [0.25, 0.3) is 0 Å². The van der Waals surface area contributed by atoms with E-state index in [1.54, 1.807) is 0 Å². The molecule has 1 N–H and O–H groups in total. The second-order valence-corrected chi connectivity index (χ2v) is 2.91. The van der Waals surface area contributed by atoms with Crippen LogP contribution in [0.5, 0.6) is 5.75 Å². The van der Waals surface area contributed by atoms with Crippen LogP contribution in [0.2, 0.25) is 0 Å². The van der Waals surface area contributed by atoms with Crippen molar-refractivity contribution in [2.24, 2.45) is 0 Å². The summed E-state index contributed by atoms with van der Waals surface area (Å²) in [6.45, 7) is 1.36. The highest BCUT2D eigenvalue weighted by Gasteiger charge is 1.97. The minimum atomic E-state index is -0.269. The van der Waals surface area contributed by atoms with Crippen LogP contribution in [0.1, 0.15) is 0 Å². The molecule has 1 aromatic carbocycles. The van der Waals surface area contributed by atoms with Gasteiger partial charge in [-0.3, -0.25) is 4.79 Å². The maximum Gasteiger partial charge on any atom is 0.319 e. The van der Waals surface area contributed by atoms with E-state index in [1.165, 1.54) is 7.11 Å². The molecule has 0 aliphatic carbocycles. The van der Waals surface area contributed by atoms with Gasteiger partial charge >= 0.3 is 5.97 Å². The molecule has 0 fully saturated rings. The van der Waals surface area contributed by atoms with Crippen LogP contribution in [0.25, 0.3) is 0 Å². The largest absolute Gasteiger partial charge is 0.492 e. The zero-order valence-corrected chi connectivity index (χ0v) is 8.73. The number of carbonyl (C=O) groups excluding carboxylic acids is 1. The fraction of sp³-hybridized carbons (Fsp3) is 0.364. The molecule has 4 heteroatoms. The molecule has 0 saturated carbocycles. The molecular weight excluding hydrogens is 194 g/mol. The molecular formula is C11H15NO3. The van der Waals surface area contributed by atoms with E-state index in [1.807, 2.05) is 30.3 Å². The van der Waals surface area contributed by atoms with Crippen LogP contribution in [0.3, 0.4) is 0 Å². The van der Waals surface area contributed by atoms with Crippen molar-refractivity contribution in [1.29, 1.82) is 0 Å². The van der Waals surface area contributed by atoms with E-state index in [0.29, 0.717) is 13.2 Å². The maximum absolute atomic E-state index is 10.7. The van der Waals surface area contributed by atoms with Crippen LogP contribution >= 0.6 is 0 Å². The predicted octanol–water partition coefficient (Wildman–Crippen LogP) is 0.828. The van der Waals surface area contributed by atoms with Gasteiger partial charge in [0.15, 0.2) is 0 Å². The first-order valence-electron chi connectivity index (χ1n) is 4.78. The van der Waals surface area contributed by atoms with Gasteiger partial charge in [-0.25, -0.2) is 0 Å². The molecule has 0 heterocycles. The highest BCUT2D eigenvalue weighted by Crippen LogP contribution is 2.07. The highest BCUT2D eigenvalue weighted by molar-refractivity contribution is 5.71. The monoisotopic (exact) mass is 209 g/mol. The van der Waals surface area contributed by atoms with E-state index in [2.05, 4.69) is 10.1 Å². The molecule has 0 unspecified atom stereocenters. The van der Waals surface area contributed by atoms with Gasteiger partial charge in [-0.05, 0) is 12.1 Å². The van der Waals surface area contributed by atoms with Crippen molar-refractivity contribution < 1.29 is 14.3 Å². The molecule has 1 aromatic rings. The fourth-order valence-electron chi connectivity index (χ4n) is 1.02. The summed E-state index contributed by atoms with van der Waals surface area (Å²) in [4.78, 5) is 10.7. The van der Waals surface area contributed by atoms with Gasteiger partial charge in [0.2, 0.25) is 0 Å². The quantitative estimate of drug-likeness (QED) is 0.557. The van der Waals surface area contributed by atoms with E-state index in [4.69, 9.17) is 4.74 Å². The van der Waals surface area contributed by atoms with Crippen LogP contribution in [-0.4, -0.2) is 32.8 Å². The molecule has 0 spiro atoms. The Morgan fingerprint density at radius 3 is 2.73 bits per heavy atom. The number of nitrogens with one attached hydrogen (secondary N) is 1. The van der Waals surface area contributed by atoms with E-state index in [0.717, 1.165) is 5.75 Å². The van der Waals surface area contributed by atoms with Crippen molar-refractivity contribution in [2.45, 2.75) is 0 Å². The molecule has 4 nitrogen and oxygen atoms in total. The van der Waals surface area contributed by atoms with Gasteiger partial charge in [-0.1, -0.05) is 18.2 Å². The van der Waals surface area contributed by atoms with Crippen LogP contribution in [0.15, 0.2) is 30.3 Å². The average Bonchev–Trinajstić information content (AvgIpc) is 2.29. The third-order valence-corrected chi connectivity index (χ3v) is 1.79. The van der Waals surface area contributed by atoms with Crippen molar-refractivity contribution >= 4 is 5.97 Å². The second kappa shape index (κ2) is 6.84. The first-order valence-corrected chi connectivity index (χ1v) is 4.78. The molecule has 0 aliphatic rings. The van der Waals surface area contributed by atoms with E-state index >= 15 is 0 Å². The number of methoxy groups -OCH3 is 1. The Hall–Kier alpha value is -1.55. The summed E-state index contributed by atoms with van der Waals surface area (Å²) in [7, 11) is 1.37. The van der Waals surface area contributed by atoms with Gasteiger partial charge < -0.3 is 14.8 Å².